The molecule has 0 saturated heterocycles. The fourth-order valence-electron chi connectivity index (χ4n) is 3.08. The third kappa shape index (κ3) is 2.26. The topological polar surface area (TPSA) is 70.7 Å². The lowest BCUT2D eigenvalue weighted by molar-refractivity contribution is -0.131. The minimum atomic E-state index is -0.449. The Labute approximate surface area is 138 Å². The zero-order valence-corrected chi connectivity index (χ0v) is 14.4. The minimum Gasteiger partial charge on any atom is -0.462 e. The van der Waals surface area contributed by atoms with Crippen molar-refractivity contribution in [1.29, 1.82) is 0 Å². The summed E-state index contributed by atoms with van der Waals surface area (Å²) >= 11 is 0. The van der Waals surface area contributed by atoms with Gasteiger partial charge in [-0.2, -0.15) is 0 Å². The van der Waals surface area contributed by atoms with E-state index >= 15 is 0 Å². The van der Waals surface area contributed by atoms with Crippen molar-refractivity contribution >= 4 is 33.8 Å². The van der Waals surface area contributed by atoms with E-state index in [-0.39, 0.29) is 0 Å². The summed E-state index contributed by atoms with van der Waals surface area (Å²) in [7, 11) is 1.89. The molecule has 0 atom stereocenters. The molecule has 24 heavy (non-hydrogen) atoms. The van der Waals surface area contributed by atoms with Crippen molar-refractivity contribution in [2.75, 3.05) is 6.61 Å². The van der Waals surface area contributed by atoms with Crippen LogP contribution in [0.3, 0.4) is 0 Å². The molecule has 0 fully saturated rings. The molecule has 1 aromatic carbocycles. The van der Waals surface area contributed by atoms with E-state index < -0.39 is 11.9 Å². The van der Waals surface area contributed by atoms with E-state index in [9.17, 15) is 9.59 Å². The van der Waals surface area contributed by atoms with Crippen LogP contribution >= 0.6 is 0 Å². The maximum atomic E-state index is 12.4. The molecule has 6 nitrogen and oxygen atoms in total. The Kier molecular flexibility index (Phi) is 3.83. The molecule has 0 amide bonds. The molecule has 0 N–H and O–H groups in total. The number of aryl methyl sites for hydroxylation is 2. The van der Waals surface area contributed by atoms with Crippen molar-refractivity contribution in [3.05, 3.63) is 29.2 Å². The largest absolute Gasteiger partial charge is 0.462 e. The maximum absolute atomic E-state index is 12.4. The van der Waals surface area contributed by atoms with Crippen LogP contribution < -0.4 is 4.74 Å². The van der Waals surface area contributed by atoms with Crippen molar-refractivity contribution < 1.29 is 23.5 Å². The second kappa shape index (κ2) is 5.70. The van der Waals surface area contributed by atoms with E-state index in [0.717, 1.165) is 22.2 Å². The third-order valence-corrected chi connectivity index (χ3v) is 4.17. The monoisotopic (exact) mass is 329 g/mol. The molecule has 0 aliphatic heterocycles. The first-order chi connectivity index (χ1) is 11.4. The van der Waals surface area contributed by atoms with Gasteiger partial charge in [0.1, 0.15) is 0 Å². The molecule has 3 aromatic rings. The normalized spacial score (nSPS) is 11.2. The molecular formula is C18H19NO5. The van der Waals surface area contributed by atoms with Gasteiger partial charge < -0.3 is 18.5 Å². The summed E-state index contributed by atoms with van der Waals surface area (Å²) in [5.74, 6) is -0.542. The second-order valence-electron chi connectivity index (χ2n) is 5.73. The first-order valence-electron chi connectivity index (χ1n) is 7.72. The predicted molar refractivity (Wildman–Crippen MR) is 89.4 cm³/mol. The average Bonchev–Trinajstić information content (AvgIpc) is 2.99. The van der Waals surface area contributed by atoms with Gasteiger partial charge in [-0.25, -0.2) is 4.79 Å². The second-order valence-corrected chi connectivity index (χ2v) is 5.73. The Hall–Kier alpha value is -2.76. The number of rotatable bonds is 3. The van der Waals surface area contributed by atoms with Gasteiger partial charge in [-0.05, 0) is 32.4 Å². The van der Waals surface area contributed by atoms with Gasteiger partial charge in [0.05, 0.1) is 29.3 Å². The molecule has 6 heteroatoms. The highest BCUT2D eigenvalue weighted by Crippen LogP contribution is 2.40. The fourth-order valence-corrected chi connectivity index (χ4v) is 3.08. The molecule has 0 unspecified atom stereocenters. The number of furan rings is 1. The molecule has 0 saturated carbocycles. The summed E-state index contributed by atoms with van der Waals surface area (Å²) in [6, 6.07) is 1.67. The SMILES string of the molecule is CCOC(=O)c1c(C)n(C)c2c1cc(OC(C)=O)c1occ(C)c12. The molecule has 2 aromatic heterocycles. The lowest BCUT2D eigenvalue weighted by Crippen LogP contribution is -2.06. The van der Waals surface area contributed by atoms with Gasteiger partial charge >= 0.3 is 11.9 Å². The maximum Gasteiger partial charge on any atom is 0.340 e. The summed E-state index contributed by atoms with van der Waals surface area (Å²) in [6.45, 7) is 7.15. The van der Waals surface area contributed by atoms with E-state index in [0.29, 0.717) is 28.9 Å². The van der Waals surface area contributed by atoms with Crippen molar-refractivity contribution in [2.45, 2.75) is 27.7 Å². The summed E-state index contributed by atoms with van der Waals surface area (Å²) in [5, 5.41) is 1.51. The number of ether oxygens (including phenoxy) is 2. The zero-order valence-electron chi connectivity index (χ0n) is 14.4. The number of carbonyl (C=O) groups excluding carboxylic acids is 2. The molecule has 0 aliphatic rings. The van der Waals surface area contributed by atoms with E-state index in [1.165, 1.54) is 6.92 Å². The van der Waals surface area contributed by atoms with E-state index in [4.69, 9.17) is 13.9 Å². The van der Waals surface area contributed by atoms with Crippen LogP contribution in [0.15, 0.2) is 16.7 Å². The molecule has 3 rings (SSSR count). The standard InChI is InChI=1S/C18H19NO5/c1-6-22-18(21)15-10(3)19(5)16-12(15)7-13(24-11(4)20)17-14(16)9(2)8-23-17/h7-8H,6H2,1-5H3. The Balaban J connectivity index is 2.45. The molecule has 0 bridgehead atoms. The number of hydrogen-bond donors (Lipinski definition) is 0. The van der Waals surface area contributed by atoms with E-state index in [1.54, 1.807) is 19.3 Å². The Morgan fingerprint density at radius 2 is 2.00 bits per heavy atom. The van der Waals surface area contributed by atoms with Crippen molar-refractivity contribution in [1.82, 2.24) is 4.57 Å². The minimum absolute atomic E-state index is 0.290. The van der Waals surface area contributed by atoms with Gasteiger partial charge in [0.25, 0.3) is 0 Å². The predicted octanol–water partition coefficient (Wildman–Crippen LogP) is 3.64. The van der Waals surface area contributed by atoms with Crippen LogP contribution in [-0.2, 0) is 16.6 Å². The fraction of sp³-hybridized carbons (Fsp3) is 0.333. The van der Waals surface area contributed by atoms with Gasteiger partial charge in [-0.1, -0.05) is 0 Å². The number of fused-ring (bicyclic) bond motifs is 3. The average molecular weight is 329 g/mol. The van der Waals surface area contributed by atoms with Gasteiger partial charge in [0.2, 0.25) is 0 Å². The molecular weight excluding hydrogens is 310 g/mol. The number of carbonyl (C=O) groups is 2. The lowest BCUT2D eigenvalue weighted by Gasteiger charge is -2.06. The molecule has 0 aliphatic carbocycles. The lowest BCUT2D eigenvalue weighted by atomic mass is 10.1. The summed E-state index contributed by atoms with van der Waals surface area (Å²) < 4.78 is 18.0. The smallest absolute Gasteiger partial charge is 0.340 e. The molecule has 0 spiro atoms. The number of hydrogen-bond acceptors (Lipinski definition) is 5. The molecule has 0 radical (unpaired) electrons. The highest BCUT2D eigenvalue weighted by molar-refractivity contribution is 6.16. The first-order valence-corrected chi connectivity index (χ1v) is 7.72. The summed E-state index contributed by atoms with van der Waals surface area (Å²) in [4.78, 5) is 23.9. The van der Waals surface area contributed by atoms with Crippen molar-refractivity contribution in [2.24, 2.45) is 7.05 Å². The van der Waals surface area contributed by atoms with Crippen LogP contribution in [0.25, 0.3) is 21.9 Å². The Morgan fingerprint density at radius 1 is 1.29 bits per heavy atom. The van der Waals surface area contributed by atoms with Gasteiger partial charge in [-0.3, -0.25) is 4.79 Å². The summed E-state index contributed by atoms with van der Waals surface area (Å²) in [6.07, 6.45) is 1.61. The zero-order chi connectivity index (χ0) is 17.6. The van der Waals surface area contributed by atoms with Crippen LogP contribution in [-0.4, -0.2) is 23.1 Å². The quantitative estimate of drug-likeness (QED) is 0.542. The van der Waals surface area contributed by atoms with E-state index in [2.05, 4.69) is 0 Å². The number of esters is 2. The Bertz CT molecular complexity index is 977. The van der Waals surface area contributed by atoms with Crippen LogP contribution in [0.2, 0.25) is 0 Å². The number of aromatic nitrogens is 1. The van der Waals surface area contributed by atoms with Crippen LogP contribution in [0, 0.1) is 13.8 Å². The Morgan fingerprint density at radius 3 is 2.62 bits per heavy atom. The molecule has 126 valence electrons. The van der Waals surface area contributed by atoms with Crippen LogP contribution in [0.1, 0.15) is 35.5 Å². The highest BCUT2D eigenvalue weighted by Gasteiger charge is 2.25. The first kappa shape index (κ1) is 16.1. The van der Waals surface area contributed by atoms with Crippen molar-refractivity contribution in [3.63, 3.8) is 0 Å². The van der Waals surface area contributed by atoms with Crippen molar-refractivity contribution in [3.8, 4) is 5.75 Å². The van der Waals surface area contributed by atoms with Crippen LogP contribution in [0.5, 0.6) is 5.75 Å². The van der Waals surface area contributed by atoms with Crippen LogP contribution in [0.4, 0.5) is 0 Å². The van der Waals surface area contributed by atoms with Gasteiger partial charge in [0.15, 0.2) is 11.3 Å². The third-order valence-electron chi connectivity index (χ3n) is 4.17. The number of nitrogens with zero attached hydrogens (tertiary/aromatic N) is 1. The van der Waals surface area contributed by atoms with Gasteiger partial charge in [-0.15, -0.1) is 0 Å². The highest BCUT2D eigenvalue weighted by atomic mass is 16.5. The number of benzene rings is 1. The summed E-state index contributed by atoms with van der Waals surface area (Å²) in [5.41, 5.74) is 3.51. The van der Waals surface area contributed by atoms with Gasteiger partial charge in [0, 0.05) is 25.1 Å². The molecule has 2 heterocycles. The van der Waals surface area contributed by atoms with E-state index in [1.807, 2.05) is 25.5 Å².